The Bertz CT molecular complexity index is 1070. The zero-order valence-corrected chi connectivity index (χ0v) is 18.6. The fourth-order valence-corrected chi connectivity index (χ4v) is 5.21. The Hall–Kier alpha value is -3.12. The van der Waals surface area contributed by atoms with E-state index in [1.807, 2.05) is 49.4 Å². The molecule has 3 aromatic carbocycles. The quantitative estimate of drug-likeness (QED) is 0.592. The lowest BCUT2D eigenvalue weighted by Crippen LogP contribution is -2.48. The van der Waals surface area contributed by atoms with Crippen LogP contribution in [0.3, 0.4) is 0 Å². The Morgan fingerprint density at radius 3 is 2.38 bits per heavy atom. The molecule has 1 heterocycles. The van der Waals surface area contributed by atoms with E-state index in [1.165, 1.54) is 23.9 Å². The topological polar surface area (TPSA) is 49.4 Å². The van der Waals surface area contributed by atoms with E-state index in [4.69, 9.17) is 0 Å². The normalized spacial score (nSPS) is 17.9. The number of thioether (sulfide) groups is 1. The van der Waals surface area contributed by atoms with Crippen LogP contribution in [-0.2, 0) is 11.2 Å². The summed E-state index contributed by atoms with van der Waals surface area (Å²) >= 11 is 1.52. The molecule has 3 aromatic rings. The molecule has 6 heteroatoms. The summed E-state index contributed by atoms with van der Waals surface area (Å²) in [5.74, 6) is -0.217. The summed E-state index contributed by atoms with van der Waals surface area (Å²) < 4.78 is 13.5. The predicted molar refractivity (Wildman–Crippen MR) is 126 cm³/mol. The van der Waals surface area contributed by atoms with Crippen LogP contribution in [0.25, 0.3) is 0 Å². The van der Waals surface area contributed by atoms with Crippen LogP contribution < -0.4 is 5.32 Å². The first kappa shape index (κ1) is 22.1. The first-order valence-corrected chi connectivity index (χ1v) is 11.7. The molecule has 0 bridgehead atoms. The molecule has 2 amide bonds. The lowest BCUT2D eigenvalue weighted by Gasteiger charge is -2.29. The van der Waals surface area contributed by atoms with Gasteiger partial charge < -0.3 is 10.2 Å². The van der Waals surface area contributed by atoms with Gasteiger partial charge in [-0.3, -0.25) is 9.59 Å². The summed E-state index contributed by atoms with van der Waals surface area (Å²) in [6, 6.07) is 22.8. The zero-order valence-electron chi connectivity index (χ0n) is 17.8. The summed E-state index contributed by atoms with van der Waals surface area (Å²) in [4.78, 5) is 28.2. The number of hydrogen-bond acceptors (Lipinski definition) is 3. The first-order chi connectivity index (χ1) is 15.5. The standard InChI is InChI=1S/C26H25FN2O2S/c1-18-7-9-20(10-8-18)25(31)29-23(17-32-26(29)21-11-13-22(27)14-12-21)24(30)28-16-15-19-5-3-2-4-6-19/h2-14,23,26H,15-17H2,1H3,(H,28,30). The molecule has 1 N–H and O–H groups in total. The Morgan fingerprint density at radius 2 is 1.69 bits per heavy atom. The molecule has 0 aromatic heterocycles. The van der Waals surface area contributed by atoms with E-state index in [9.17, 15) is 14.0 Å². The van der Waals surface area contributed by atoms with Gasteiger partial charge in [-0.1, -0.05) is 60.2 Å². The van der Waals surface area contributed by atoms with Gasteiger partial charge in [-0.15, -0.1) is 11.8 Å². The highest BCUT2D eigenvalue weighted by Gasteiger charge is 2.42. The molecule has 1 aliphatic rings. The van der Waals surface area contributed by atoms with Crippen molar-refractivity contribution in [3.63, 3.8) is 0 Å². The molecule has 2 unspecified atom stereocenters. The summed E-state index contributed by atoms with van der Waals surface area (Å²) in [6.45, 7) is 2.46. The van der Waals surface area contributed by atoms with E-state index in [0.717, 1.165) is 23.1 Å². The van der Waals surface area contributed by atoms with Crippen molar-refractivity contribution in [1.82, 2.24) is 10.2 Å². The molecule has 1 aliphatic heterocycles. The summed E-state index contributed by atoms with van der Waals surface area (Å²) in [5.41, 5.74) is 3.54. The highest BCUT2D eigenvalue weighted by Crippen LogP contribution is 2.42. The van der Waals surface area contributed by atoms with Gasteiger partial charge in [-0.05, 0) is 48.7 Å². The minimum absolute atomic E-state index is 0.168. The van der Waals surface area contributed by atoms with Crippen LogP contribution in [0.2, 0.25) is 0 Å². The van der Waals surface area contributed by atoms with Crippen molar-refractivity contribution in [2.45, 2.75) is 24.8 Å². The third-order valence-corrected chi connectivity index (χ3v) is 6.87. The van der Waals surface area contributed by atoms with Crippen LogP contribution >= 0.6 is 11.8 Å². The SMILES string of the molecule is Cc1ccc(C(=O)N2C(C(=O)NCCc3ccccc3)CSC2c2ccc(F)cc2)cc1. The molecule has 2 atom stereocenters. The average molecular weight is 449 g/mol. The summed E-state index contributed by atoms with van der Waals surface area (Å²) in [5, 5.41) is 2.64. The molecule has 1 saturated heterocycles. The summed E-state index contributed by atoms with van der Waals surface area (Å²) in [6.07, 6.45) is 0.722. The van der Waals surface area contributed by atoms with Crippen LogP contribution in [0.15, 0.2) is 78.9 Å². The van der Waals surface area contributed by atoms with Gasteiger partial charge in [0.2, 0.25) is 5.91 Å². The first-order valence-electron chi connectivity index (χ1n) is 10.6. The van der Waals surface area contributed by atoms with Crippen molar-refractivity contribution in [2.75, 3.05) is 12.3 Å². The van der Waals surface area contributed by atoms with Crippen molar-refractivity contribution in [3.8, 4) is 0 Å². The van der Waals surface area contributed by atoms with Crippen molar-refractivity contribution >= 4 is 23.6 Å². The fraction of sp³-hybridized carbons (Fsp3) is 0.231. The van der Waals surface area contributed by atoms with Crippen LogP contribution in [0.4, 0.5) is 4.39 Å². The van der Waals surface area contributed by atoms with Crippen LogP contribution in [0.1, 0.15) is 32.4 Å². The second-order valence-corrected chi connectivity index (χ2v) is 8.97. The Balaban J connectivity index is 1.54. The molecule has 4 nitrogen and oxygen atoms in total. The molecule has 1 fully saturated rings. The van der Waals surface area contributed by atoms with Gasteiger partial charge in [0.15, 0.2) is 0 Å². The molecular weight excluding hydrogens is 423 g/mol. The number of amides is 2. The molecule has 0 aliphatic carbocycles. The van der Waals surface area contributed by atoms with E-state index in [0.29, 0.717) is 17.9 Å². The van der Waals surface area contributed by atoms with Crippen LogP contribution in [0.5, 0.6) is 0 Å². The van der Waals surface area contributed by atoms with Crippen LogP contribution in [-0.4, -0.2) is 35.1 Å². The number of aryl methyl sites for hydroxylation is 1. The Morgan fingerprint density at radius 1 is 1.00 bits per heavy atom. The number of halogens is 1. The summed E-state index contributed by atoms with van der Waals surface area (Å²) in [7, 11) is 0. The van der Waals surface area contributed by atoms with Gasteiger partial charge in [0.05, 0.1) is 0 Å². The van der Waals surface area contributed by atoms with E-state index in [-0.39, 0.29) is 23.0 Å². The minimum Gasteiger partial charge on any atom is -0.354 e. The molecule has 32 heavy (non-hydrogen) atoms. The predicted octanol–water partition coefficient (Wildman–Crippen LogP) is 4.75. The van der Waals surface area contributed by atoms with E-state index >= 15 is 0 Å². The van der Waals surface area contributed by atoms with Crippen molar-refractivity contribution in [3.05, 3.63) is 107 Å². The highest BCUT2D eigenvalue weighted by atomic mass is 32.2. The lowest BCUT2D eigenvalue weighted by molar-refractivity contribution is -0.124. The molecule has 164 valence electrons. The fourth-order valence-electron chi connectivity index (χ4n) is 3.78. The van der Waals surface area contributed by atoms with E-state index < -0.39 is 6.04 Å². The zero-order chi connectivity index (χ0) is 22.5. The van der Waals surface area contributed by atoms with Crippen LogP contribution in [0, 0.1) is 12.7 Å². The monoisotopic (exact) mass is 448 g/mol. The van der Waals surface area contributed by atoms with Crippen molar-refractivity contribution in [1.29, 1.82) is 0 Å². The Kier molecular flexibility index (Phi) is 6.90. The van der Waals surface area contributed by atoms with Crippen molar-refractivity contribution < 1.29 is 14.0 Å². The molecule has 0 spiro atoms. The Labute approximate surface area is 191 Å². The second kappa shape index (κ2) is 10.0. The maximum Gasteiger partial charge on any atom is 0.255 e. The average Bonchev–Trinajstić information content (AvgIpc) is 3.25. The number of hydrogen-bond donors (Lipinski definition) is 1. The van der Waals surface area contributed by atoms with Crippen molar-refractivity contribution in [2.24, 2.45) is 0 Å². The van der Waals surface area contributed by atoms with Gasteiger partial charge in [0, 0.05) is 17.9 Å². The number of nitrogens with one attached hydrogen (secondary N) is 1. The molecular formula is C26H25FN2O2S. The van der Waals surface area contributed by atoms with E-state index in [2.05, 4.69) is 5.32 Å². The van der Waals surface area contributed by atoms with Gasteiger partial charge in [0.25, 0.3) is 5.91 Å². The smallest absolute Gasteiger partial charge is 0.255 e. The number of nitrogens with zero attached hydrogens (tertiary/aromatic N) is 1. The van der Waals surface area contributed by atoms with Gasteiger partial charge in [-0.25, -0.2) is 4.39 Å². The molecule has 0 radical (unpaired) electrons. The number of carbonyl (C=O) groups is 2. The number of carbonyl (C=O) groups excluding carboxylic acids is 2. The van der Waals surface area contributed by atoms with Gasteiger partial charge in [0.1, 0.15) is 17.2 Å². The molecule has 0 saturated carbocycles. The third-order valence-electron chi connectivity index (χ3n) is 5.55. The maximum absolute atomic E-state index is 13.5. The third kappa shape index (κ3) is 5.02. The second-order valence-electron chi connectivity index (χ2n) is 7.86. The highest BCUT2D eigenvalue weighted by molar-refractivity contribution is 7.99. The largest absolute Gasteiger partial charge is 0.354 e. The number of benzene rings is 3. The number of rotatable bonds is 6. The van der Waals surface area contributed by atoms with Gasteiger partial charge in [-0.2, -0.15) is 0 Å². The minimum atomic E-state index is -0.598. The molecule has 4 rings (SSSR count). The van der Waals surface area contributed by atoms with E-state index in [1.54, 1.807) is 29.2 Å². The van der Waals surface area contributed by atoms with Gasteiger partial charge >= 0.3 is 0 Å². The lowest BCUT2D eigenvalue weighted by atomic mass is 10.1. The maximum atomic E-state index is 13.5.